The van der Waals surface area contributed by atoms with Gasteiger partial charge >= 0.3 is 0 Å². The van der Waals surface area contributed by atoms with Crippen molar-refractivity contribution in [2.75, 3.05) is 25.1 Å². The molecule has 4 nitrogen and oxygen atoms in total. The lowest BCUT2D eigenvalue weighted by molar-refractivity contribution is 0.141. The van der Waals surface area contributed by atoms with Gasteiger partial charge in [-0.2, -0.15) is 0 Å². The second-order valence-electron chi connectivity index (χ2n) is 4.87. The third kappa shape index (κ3) is 6.45. The summed E-state index contributed by atoms with van der Waals surface area (Å²) >= 11 is 0. The predicted octanol–water partition coefficient (Wildman–Crippen LogP) is 0.562. The highest BCUT2D eigenvalue weighted by molar-refractivity contribution is 7.90. The van der Waals surface area contributed by atoms with Gasteiger partial charge in [-0.1, -0.05) is 25.7 Å². The van der Waals surface area contributed by atoms with Gasteiger partial charge < -0.3 is 10.4 Å². The normalized spacial score (nSPS) is 20.1. The van der Waals surface area contributed by atoms with E-state index in [9.17, 15) is 13.5 Å². The second kappa shape index (κ2) is 6.57. The van der Waals surface area contributed by atoms with E-state index in [1.807, 2.05) is 0 Å². The second-order valence-corrected chi connectivity index (χ2v) is 7.13. The van der Waals surface area contributed by atoms with Crippen molar-refractivity contribution in [2.45, 2.75) is 38.2 Å². The molecule has 5 heteroatoms. The highest BCUT2D eigenvalue weighted by atomic mass is 32.2. The Balaban J connectivity index is 2.03. The average Bonchev–Trinajstić information content (AvgIpc) is 2.63. The summed E-state index contributed by atoms with van der Waals surface area (Å²) in [6.07, 6.45) is 6.80. The van der Waals surface area contributed by atoms with E-state index in [-0.39, 0.29) is 11.9 Å². The molecule has 0 saturated heterocycles. The Kier molecular flexibility index (Phi) is 5.72. The maximum Gasteiger partial charge on any atom is 0.148 e. The maximum atomic E-state index is 10.9. The number of aliphatic hydroxyl groups is 1. The van der Waals surface area contributed by atoms with Crippen molar-refractivity contribution < 1.29 is 13.5 Å². The molecule has 0 aliphatic heterocycles. The highest BCUT2D eigenvalue weighted by Gasteiger charge is 2.18. The van der Waals surface area contributed by atoms with Crippen LogP contribution in [0.2, 0.25) is 0 Å². The van der Waals surface area contributed by atoms with Crippen molar-refractivity contribution >= 4 is 9.84 Å². The van der Waals surface area contributed by atoms with Crippen molar-refractivity contribution in [3.05, 3.63) is 0 Å². The van der Waals surface area contributed by atoms with E-state index >= 15 is 0 Å². The summed E-state index contributed by atoms with van der Waals surface area (Å²) in [6, 6.07) is 0. The summed E-state index contributed by atoms with van der Waals surface area (Å²) in [7, 11) is -2.89. The molecule has 0 aromatic heterocycles. The van der Waals surface area contributed by atoms with Gasteiger partial charge in [0.25, 0.3) is 0 Å². The molecule has 0 radical (unpaired) electrons. The summed E-state index contributed by atoms with van der Waals surface area (Å²) < 4.78 is 21.7. The lowest BCUT2D eigenvalue weighted by Crippen LogP contribution is -2.31. The van der Waals surface area contributed by atoms with E-state index in [1.165, 1.54) is 31.9 Å². The fourth-order valence-corrected chi connectivity index (χ4v) is 2.76. The third-order valence-electron chi connectivity index (χ3n) is 3.11. The van der Waals surface area contributed by atoms with Gasteiger partial charge in [0.2, 0.25) is 0 Å². The fourth-order valence-electron chi connectivity index (χ4n) is 2.24. The van der Waals surface area contributed by atoms with Crippen molar-refractivity contribution in [1.82, 2.24) is 5.32 Å². The smallest absolute Gasteiger partial charge is 0.148 e. The minimum atomic E-state index is -2.89. The molecule has 1 unspecified atom stereocenters. The highest BCUT2D eigenvalue weighted by Crippen LogP contribution is 2.28. The van der Waals surface area contributed by atoms with Crippen molar-refractivity contribution in [3.8, 4) is 0 Å². The first-order chi connectivity index (χ1) is 7.47. The van der Waals surface area contributed by atoms with Crippen LogP contribution < -0.4 is 5.32 Å². The van der Waals surface area contributed by atoms with Gasteiger partial charge in [0.05, 0.1) is 11.9 Å². The Morgan fingerprint density at radius 2 is 2.00 bits per heavy atom. The third-order valence-corrected chi connectivity index (χ3v) is 4.06. The molecule has 1 aliphatic carbocycles. The lowest BCUT2D eigenvalue weighted by atomic mass is 10.0. The molecule has 0 bridgehead atoms. The first-order valence-corrected chi connectivity index (χ1v) is 8.10. The van der Waals surface area contributed by atoms with E-state index in [0.29, 0.717) is 19.0 Å². The first-order valence-electron chi connectivity index (χ1n) is 6.04. The Morgan fingerprint density at radius 3 is 2.56 bits per heavy atom. The van der Waals surface area contributed by atoms with E-state index < -0.39 is 9.84 Å². The molecule has 2 N–H and O–H groups in total. The van der Waals surface area contributed by atoms with Crippen LogP contribution in [0.25, 0.3) is 0 Å². The number of nitrogens with one attached hydrogen (secondary N) is 1. The number of hydrogen-bond acceptors (Lipinski definition) is 4. The number of rotatable bonds is 7. The topological polar surface area (TPSA) is 66.4 Å². The Bertz CT molecular complexity index is 284. The molecule has 0 aromatic rings. The number of hydrogen-bond donors (Lipinski definition) is 2. The van der Waals surface area contributed by atoms with Gasteiger partial charge in [-0.05, 0) is 12.3 Å². The molecule has 16 heavy (non-hydrogen) atoms. The van der Waals surface area contributed by atoms with Crippen molar-refractivity contribution in [3.63, 3.8) is 0 Å². The van der Waals surface area contributed by atoms with Crippen LogP contribution in [0.4, 0.5) is 0 Å². The van der Waals surface area contributed by atoms with Gasteiger partial charge in [-0.3, -0.25) is 0 Å². The van der Waals surface area contributed by atoms with E-state index in [0.717, 1.165) is 6.42 Å². The monoisotopic (exact) mass is 249 g/mol. The zero-order chi connectivity index (χ0) is 12.0. The standard InChI is InChI=1S/C11H23NO3S/c1-16(14,15)7-6-12-9-11(13)8-10-4-2-3-5-10/h10-13H,2-9H2,1H3. The minimum Gasteiger partial charge on any atom is -0.392 e. The lowest BCUT2D eigenvalue weighted by Gasteiger charge is -2.15. The van der Waals surface area contributed by atoms with E-state index in [2.05, 4.69) is 5.32 Å². The van der Waals surface area contributed by atoms with Gasteiger partial charge in [-0.25, -0.2) is 8.42 Å². The molecule has 0 spiro atoms. The van der Waals surface area contributed by atoms with Crippen LogP contribution in [0.5, 0.6) is 0 Å². The minimum absolute atomic E-state index is 0.142. The average molecular weight is 249 g/mol. The summed E-state index contributed by atoms with van der Waals surface area (Å²) in [5, 5.41) is 12.7. The van der Waals surface area contributed by atoms with Crippen LogP contribution in [0, 0.1) is 5.92 Å². The van der Waals surface area contributed by atoms with Crippen molar-refractivity contribution in [1.29, 1.82) is 0 Å². The number of aliphatic hydroxyl groups excluding tert-OH is 1. The quantitative estimate of drug-likeness (QED) is 0.647. The van der Waals surface area contributed by atoms with Crippen LogP contribution in [0.15, 0.2) is 0 Å². The SMILES string of the molecule is CS(=O)(=O)CCNCC(O)CC1CCCC1. The van der Waals surface area contributed by atoms with E-state index in [4.69, 9.17) is 0 Å². The molecule has 1 aliphatic rings. The van der Waals surface area contributed by atoms with Crippen molar-refractivity contribution in [2.24, 2.45) is 5.92 Å². The predicted molar refractivity (Wildman–Crippen MR) is 65.2 cm³/mol. The van der Waals surface area contributed by atoms with Gasteiger partial charge in [0.1, 0.15) is 9.84 Å². The van der Waals surface area contributed by atoms with Gasteiger partial charge in [0.15, 0.2) is 0 Å². The molecule has 96 valence electrons. The van der Waals surface area contributed by atoms with Crippen LogP contribution in [0.3, 0.4) is 0 Å². The maximum absolute atomic E-state index is 10.9. The van der Waals surface area contributed by atoms with Gasteiger partial charge in [0, 0.05) is 19.3 Å². The summed E-state index contributed by atoms with van der Waals surface area (Å²) in [5.74, 6) is 0.815. The molecule has 1 atom stereocenters. The molecule has 0 heterocycles. The molecule has 1 rings (SSSR count). The Labute approximate surface area is 98.4 Å². The number of sulfone groups is 1. The van der Waals surface area contributed by atoms with Crippen LogP contribution in [-0.4, -0.2) is 44.7 Å². The van der Waals surface area contributed by atoms with Crippen LogP contribution in [-0.2, 0) is 9.84 Å². The van der Waals surface area contributed by atoms with Gasteiger partial charge in [-0.15, -0.1) is 0 Å². The van der Waals surface area contributed by atoms with E-state index in [1.54, 1.807) is 0 Å². The zero-order valence-electron chi connectivity index (χ0n) is 9.98. The molecular weight excluding hydrogens is 226 g/mol. The molecule has 1 fully saturated rings. The zero-order valence-corrected chi connectivity index (χ0v) is 10.8. The molecule has 0 aromatic carbocycles. The molecule has 0 amide bonds. The first kappa shape index (κ1) is 13.9. The van der Waals surface area contributed by atoms with Crippen LogP contribution >= 0.6 is 0 Å². The Hall–Kier alpha value is -0.130. The summed E-state index contributed by atoms with van der Waals surface area (Å²) in [5.41, 5.74) is 0. The van der Waals surface area contributed by atoms with Crippen LogP contribution in [0.1, 0.15) is 32.1 Å². The largest absolute Gasteiger partial charge is 0.392 e. The molecule has 1 saturated carbocycles. The molecular formula is C11H23NO3S. The summed E-state index contributed by atoms with van der Waals surface area (Å²) in [4.78, 5) is 0. The summed E-state index contributed by atoms with van der Waals surface area (Å²) in [6.45, 7) is 0.937. The Morgan fingerprint density at radius 1 is 1.38 bits per heavy atom. The fraction of sp³-hybridized carbons (Fsp3) is 1.00.